The van der Waals surface area contributed by atoms with E-state index >= 15 is 0 Å². The number of nitriles is 1. The molecular weight excluding hydrogens is 360 g/mol. The lowest BCUT2D eigenvalue weighted by molar-refractivity contribution is -0.0262. The summed E-state index contributed by atoms with van der Waals surface area (Å²) >= 11 is 5.38. The second-order valence-corrected chi connectivity index (χ2v) is 7.02. The van der Waals surface area contributed by atoms with E-state index in [0.717, 1.165) is 19.6 Å². The monoisotopic (exact) mass is 384 g/mol. The van der Waals surface area contributed by atoms with Gasteiger partial charge in [0, 0.05) is 33.7 Å². The third-order valence-electron chi connectivity index (χ3n) is 4.76. The fourth-order valence-electron chi connectivity index (χ4n) is 3.23. The van der Waals surface area contributed by atoms with Crippen molar-refractivity contribution >= 4 is 18.0 Å². The predicted octanol–water partition coefficient (Wildman–Crippen LogP) is 1.35. The highest BCUT2D eigenvalue weighted by Crippen LogP contribution is 2.11. The van der Waals surface area contributed by atoms with E-state index in [1.54, 1.807) is 23.2 Å². The summed E-state index contributed by atoms with van der Waals surface area (Å²) in [7, 11) is 3.54. The predicted molar refractivity (Wildman–Crippen MR) is 106 cm³/mol. The van der Waals surface area contributed by atoms with Crippen LogP contribution in [0.3, 0.4) is 0 Å². The maximum absolute atomic E-state index is 9.49. The molecule has 1 aromatic carbocycles. The fourth-order valence-corrected chi connectivity index (χ4v) is 3.41. The third kappa shape index (κ3) is 4.27. The maximum Gasteiger partial charge on any atom is 0.182 e. The Morgan fingerprint density at radius 3 is 2.74 bits per heavy atom. The molecule has 1 unspecified atom stereocenters. The van der Waals surface area contributed by atoms with Crippen molar-refractivity contribution in [2.75, 3.05) is 32.0 Å². The number of nitrogens with two attached hydrogens (primary N) is 1. The Hall–Kier alpha value is -2.47. The summed E-state index contributed by atoms with van der Waals surface area (Å²) in [5.41, 5.74) is 8.17. The van der Waals surface area contributed by atoms with Gasteiger partial charge < -0.3 is 19.6 Å². The normalized spacial score (nSPS) is 18.4. The van der Waals surface area contributed by atoms with Crippen molar-refractivity contribution in [2.45, 2.75) is 12.6 Å². The van der Waals surface area contributed by atoms with Crippen molar-refractivity contribution in [3.05, 3.63) is 51.7 Å². The molecule has 0 bridgehead atoms. The maximum atomic E-state index is 9.49. The van der Waals surface area contributed by atoms with Crippen LogP contribution in [0.25, 0.3) is 0 Å². The Morgan fingerprint density at radius 2 is 2.04 bits per heavy atom. The Balaban J connectivity index is 1.78. The van der Waals surface area contributed by atoms with E-state index in [0.29, 0.717) is 34.8 Å². The summed E-state index contributed by atoms with van der Waals surface area (Å²) in [5, 5.41) is 9.49. The molecule has 0 aliphatic carbocycles. The molecule has 0 radical (unpaired) electrons. The average Bonchev–Trinajstić information content (AvgIpc) is 2.69. The molecule has 1 aromatic heterocycles. The van der Waals surface area contributed by atoms with Crippen LogP contribution in [-0.4, -0.2) is 46.4 Å². The van der Waals surface area contributed by atoms with Crippen molar-refractivity contribution < 1.29 is 4.74 Å². The zero-order chi connectivity index (χ0) is 19.4. The van der Waals surface area contributed by atoms with Crippen LogP contribution >= 0.6 is 12.2 Å². The number of rotatable bonds is 4. The molecule has 0 amide bonds. The lowest BCUT2D eigenvalue weighted by atomic mass is 10.2. The minimum atomic E-state index is -0.0299. The molecule has 0 saturated carbocycles. The number of hydrogen-bond donors (Lipinski definition) is 1. The first-order valence-electron chi connectivity index (χ1n) is 8.85. The lowest BCUT2D eigenvalue weighted by Crippen LogP contribution is -2.43. The van der Waals surface area contributed by atoms with E-state index in [4.69, 9.17) is 22.7 Å². The molecule has 2 N–H and O–H groups in total. The summed E-state index contributed by atoms with van der Waals surface area (Å²) in [6.45, 7) is 3.70. The number of benzene rings is 1. The first-order chi connectivity index (χ1) is 13.0. The van der Waals surface area contributed by atoms with Gasteiger partial charge in [-0.05, 0) is 17.8 Å². The van der Waals surface area contributed by atoms with E-state index in [2.05, 4.69) is 40.2 Å². The molecule has 142 valence electrons. The zero-order valence-electron chi connectivity index (χ0n) is 15.6. The second kappa shape index (κ2) is 8.48. The van der Waals surface area contributed by atoms with Crippen molar-refractivity contribution in [3.8, 4) is 6.07 Å². The van der Waals surface area contributed by atoms with Crippen molar-refractivity contribution in [1.82, 2.24) is 14.0 Å². The number of nitrogens with zero attached hydrogens (tertiary/aromatic N) is 5. The Labute approximate surface area is 163 Å². The van der Waals surface area contributed by atoms with Gasteiger partial charge in [-0.15, -0.1) is 0 Å². The van der Waals surface area contributed by atoms with Gasteiger partial charge in [-0.3, -0.25) is 9.89 Å². The van der Waals surface area contributed by atoms with Crippen LogP contribution in [0.4, 0.5) is 5.82 Å². The Bertz CT molecular complexity index is 973. The van der Waals surface area contributed by atoms with Crippen LogP contribution < -0.4 is 11.2 Å². The molecule has 0 spiro atoms. The first-order valence-corrected chi connectivity index (χ1v) is 9.26. The van der Waals surface area contributed by atoms with Gasteiger partial charge in [0.1, 0.15) is 17.5 Å². The van der Waals surface area contributed by atoms with Gasteiger partial charge in [0.25, 0.3) is 0 Å². The highest BCUT2D eigenvalue weighted by atomic mass is 32.1. The molecule has 1 aliphatic rings. The largest absolute Gasteiger partial charge is 0.384 e. The van der Waals surface area contributed by atoms with Crippen LogP contribution in [0, 0.1) is 16.1 Å². The smallest absolute Gasteiger partial charge is 0.182 e. The SMILES string of the molecule is Cn1c(N)c(C#N)c(=NCC2CN(Cc3ccccc3)CCO2)n(C)c1=S. The van der Waals surface area contributed by atoms with E-state index in [-0.39, 0.29) is 6.10 Å². The van der Waals surface area contributed by atoms with Gasteiger partial charge in [0.15, 0.2) is 10.3 Å². The van der Waals surface area contributed by atoms with E-state index in [1.807, 2.05) is 6.07 Å². The highest BCUT2D eigenvalue weighted by molar-refractivity contribution is 7.71. The molecule has 7 nitrogen and oxygen atoms in total. The molecule has 2 heterocycles. The standard InChI is InChI=1S/C19H24N6OS/c1-23-17(21)16(10-20)18(24(2)19(23)27)22-11-15-13-25(8-9-26-15)12-14-6-4-3-5-7-14/h3-7,15H,8-9,11-13,21H2,1-2H3. The Morgan fingerprint density at radius 1 is 1.30 bits per heavy atom. The van der Waals surface area contributed by atoms with Crippen molar-refractivity contribution in [2.24, 2.45) is 19.1 Å². The van der Waals surface area contributed by atoms with Gasteiger partial charge in [0.05, 0.1) is 19.3 Å². The molecule has 8 heteroatoms. The molecular formula is C19H24N6OS. The summed E-state index contributed by atoms with van der Waals surface area (Å²) in [6, 6.07) is 12.5. The molecule has 1 saturated heterocycles. The van der Waals surface area contributed by atoms with Gasteiger partial charge in [0.2, 0.25) is 0 Å². The van der Waals surface area contributed by atoms with Crippen LogP contribution in [0.15, 0.2) is 35.3 Å². The summed E-state index contributed by atoms with van der Waals surface area (Å²) in [4.78, 5) is 7.00. The van der Waals surface area contributed by atoms with Crippen LogP contribution in [0.2, 0.25) is 0 Å². The lowest BCUT2D eigenvalue weighted by Gasteiger charge is -2.32. The number of hydrogen-bond acceptors (Lipinski definition) is 6. The Kier molecular flexibility index (Phi) is 6.06. The average molecular weight is 385 g/mol. The minimum Gasteiger partial charge on any atom is -0.384 e. The van der Waals surface area contributed by atoms with E-state index in [9.17, 15) is 5.26 Å². The van der Waals surface area contributed by atoms with Crippen LogP contribution in [0.1, 0.15) is 11.1 Å². The molecule has 1 aliphatic heterocycles. The van der Waals surface area contributed by atoms with Crippen LogP contribution in [0.5, 0.6) is 0 Å². The second-order valence-electron chi connectivity index (χ2n) is 6.65. The molecule has 3 rings (SSSR count). The van der Waals surface area contributed by atoms with Crippen molar-refractivity contribution in [3.63, 3.8) is 0 Å². The molecule has 2 aromatic rings. The zero-order valence-corrected chi connectivity index (χ0v) is 16.4. The fraction of sp³-hybridized carbons (Fsp3) is 0.421. The topological polar surface area (TPSA) is 84.5 Å². The van der Waals surface area contributed by atoms with Gasteiger partial charge in [-0.1, -0.05) is 30.3 Å². The first kappa shape index (κ1) is 19.3. The van der Waals surface area contributed by atoms with E-state index in [1.165, 1.54) is 5.56 Å². The molecule has 27 heavy (non-hydrogen) atoms. The third-order valence-corrected chi connectivity index (χ3v) is 5.31. The van der Waals surface area contributed by atoms with Crippen molar-refractivity contribution in [1.29, 1.82) is 5.26 Å². The highest BCUT2D eigenvalue weighted by Gasteiger charge is 2.20. The minimum absolute atomic E-state index is 0.0299. The van der Waals surface area contributed by atoms with Crippen LogP contribution in [-0.2, 0) is 25.4 Å². The number of anilines is 1. The number of aromatic nitrogens is 2. The quantitative estimate of drug-likeness (QED) is 0.805. The molecule has 1 fully saturated rings. The number of ether oxygens (including phenoxy) is 1. The molecule has 1 atom stereocenters. The summed E-state index contributed by atoms with van der Waals surface area (Å²) < 4.78 is 9.72. The summed E-state index contributed by atoms with van der Waals surface area (Å²) in [5.74, 6) is 0.328. The van der Waals surface area contributed by atoms with Gasteiger partial charge >= 0.3 is 0 Å². The van der Waals surface area contributed by atoms with Gasteiger partial charge in [-0.2, -0.15) is 5.26 Å². The number of nitrogen functional groups attached to an aromatic ring is 1. The van der Waals surface area contributed by atoms with E-state index < -0.39 is 0 Å². The summed E-state index contributed by atoms with van der Waals surface area (Å²) in [6.07, 6.45) is -0.0299. The van der Waals surface area contributed by atoms with Gasteiger partial charge in [-0.25, -0.2) is 0 Å². The number of morpholine rings is 1.